The van der Waals surface area contributed by atoms with Gasteiger partial charge in [0.1, 0.15) is 0 Å². The number of carboxylic acid groups (broad SMARTS) is 1. The van der Waals surface area contributed by atoms with Gasteiger partial charge >= 0.3 is 5.97 Å². The van der Waals surface area contributed by atoms with Crippen LogP contribution in [0.1, 0.15) is 25.7 Å². The van der Waals surface area contributed by atoms with Crippen molar-refractivity contribution in [1.82, 2.24) is 5.32 Å². The molecular formula is C11H17NO4. The van der Waals surface area contributed by atoms with E-state index in [4.69, 9.17) is 9.84 Å². The van der Waals surface area contributed by atoms with Gasteiger partial charge in [-0.2, -0.15) is 0 Å². The van der Waals surface area contributed by atoms with Crippen LogP contribution in [-0.4, -0.2) is 36.2 Å². The normalized spacial score (nSPS) is 33.9. The lowest BCUT2D eigenvalue weighted by Gasteiger charge is -2.14. The monoisotopic (exact) mass is 227 g/mol. The summed E-state index contributed by atoms with van der Waals surface area (Å²) in [5.41, 5.74) is 0. The molecule has 3 unspecified atom stereocenters. The summed E-state index contributed by atoms with van der Waals surface area (Å²) in [6, 6.07) is 0.122. The molecule has 1 aliphatic heterocycles. The van der Waals surface area contributed by atoms with Gasteiger partial charge in [-0.15, -0.1) is 0 Å². The second-order valence-corrected chi connectivity index (χ2v) is 4.61. The molecule has 0 aromatic carbocycles. The fourth-order valence-corrected chi connectivity index (χ4v) is 2.41. The highest BCUT2D eigenvalue weighted by Crippen LogP contribution is 2.31. The van der Waals surface area contributed by atoms with Gasteiger partial charge in [0.15, 0.2) is 0 Å². The minimum atomic E-state index is -0.778. The maximum Gasteiger partial charge on any atom is 0.306 e. The van der Waals surface area contributed by atoms with Crippen LogP contribution in [0.4, 0.5) is 0 Å². The SMILES string of the molecule is O=C(O)C1CCC(C(=O)NC2CCOC2)C1. The highest BCUT2D eigenvalue weighted by Gasteiger charge is 2.34. The molecule has 2 rings (SSSR count). The minimum Gasteiger partial charge on any atom is -0.481 e. The topological polar surface area (TPSA) is 75.6 Å². The Kier molecular flexibility index (Phi) is 3.43. The molecule has 0 spiro atoms. The van der Waals surface area contributed by atoms with Crippen molar-refractivity contribution < 1.29 is 19.4 Å². The van der Waals surface area contributed by atoms with Gasteiger partial charge < -0.3 is 15.2 Å². The van der Waals surface area contributed by atoms with E-state index in [0.29, 0.717) is 32.5 Å². The Morgan fingerprint density at radius 3 is 2.50 bits per heavy atom. The molecule has 1 saturated heterocycles. The average Bonchev–Trinajstić information content (AvgIpc) is 2.86. The molecule has 2 aliphatic rings. The minimum absolute atomic E-state index is 0.000694. The van der Waals surface area contributed by atoms with Crippen LogP contribution in [0, 0.1) is 11.8 Å². The summed E-state index contributed by atoms with van der Waals surface area (Å²) >= 11 is 0. The molecule has 0 radical (unpaired) electrons. The van der Waals surface area contributed by atoms with Crippen molar-refractivity contribution in [3.63, 3.8) is 0 Å². The third kappa shape index (κ3) is 2.52. The number of carbonyl (C=O) groups is 2. The van der Waals surface area contributed by atoms with E-state index in [1.807, 2.05) is 0 Å². The van der Waals surface area contributed by atoms with Gasteiger partial charge in [0.25, 0.3) is 0 Å². The Balaban J connectivity index is 1.79. The summed E-state index contributed by atoms with van der Waals surface area (Å²) in [5, 5.41) is 11.8. The Bertz CT molecular complexity index is 286. The first-order valence-electron chi connectivity index (χ1n) is 5.77. The van der Waals surface area contributed by atoms with Crippen molar-refractivity contribution >= 4 is 11.9 Å². The van der Waals surface area contributed by atoms with Crippen molar-refractivity contribution in [3.8, 4) is 0 Å². The van der Waals surface area contributed by atoms with Gasteiger partial charge in [-0.3, -0.25) is 9.59 Å². The summed E-state index contributed by atoms with van der Waals surface area (Å²) in [7, 11) is 0. The molecule has 2 fully saturated rings. The zero-order chi connectivity index (χ0) is 11.5. The van der Waals surface area contributed by atoms with E-state index in [-0.39, 0.29) is 23.8 Å². The van der Waals surface area contributed by atoms with Gasteiger partial charge in [0.2, 0.25) is 5.91 Å². The molecule has 2 N–H and O–H groups in total. The fraction of sp³-hybridized carbons (Fsp3) is 0.818. The number of aliphatic carboxylic acids is 1. The molecule has 16 heavy (non-hydrogen) atoms. The molecule has 5 nitrogen and oxygen atoms in total. The van der Waals surface area contributed by atoms with Gasteiger partial charge in [0, 0.05) is 12.5 Å². The number of ether oxygens (including phenoxy) is 1. The lowest BCUT2D eigenvalue weighted by molar-refractivity contribution is -0.141. The lowest BCUT2D eigenvalue weighted by atomic mass is 10.0. The van der Waals surface area contributed by atoms with E-state index in [0.717, 1.165) is 6.42 Å². The molecule has 1 saturated carbocycles. The smallest absolute Gasteiger partial charge is 0.306 e. The predicted molar refractivity (Wildman–Crippen MR) is 55.8 cm³/mol. The lowest BCUT2D eigenvalue weighted by Crippen LogP contribution is -2.38. The third-order valence-corrected chi connectivity index (χ3v) is 3.43. The second-order valence-electron chi connectivity index (χ2n) is 4.61. The van der Waals surface area contributed by atoms with E-state index in [2.05, 4.69) is 5.32 Å². The maximum atomic E-state index is 11.8. The molecule has 0 aromatic rings. The highest BCUT2D eigenvalue weighted by molar-refractivity contribution is 5.81. The van der Waals surface area contributed by atoms with Crippen LogP contribution < -0.4 is 5.32 Å². The molecule has 90 valence electrons. The van der Waals surface area contributed by atoms with E-state index < -0.39 is 5.97 Å². The van der Waals surface area contributed by atoms with Crippen LogP contribution in [0.5, 0.6) is 0 Å². The first-order chi connectivity index (χ1) is 7.66. The Labute approximate surface area is 94.2 Å². The summed E-state index contributed by atoms with van der Waals surface area (Å²) in [4.78, 5) is 22.6. The van der Waals surface area contributed by atoms with E-state index in [1.165, 1.54) is 0 Å². The first-order valence-corrected chi connectivity index (χ1v) is 5.77. The van der Waals surface area contributed by atoms with Gasteiger partial charge in [-0.1, -0.05) is 0 Å². The largest absolute Gasteiger partial charge is 0.481 e. The third-order valence-electron chi connectivity index (χ3n) is 3.43. The number of nitrogens with one attached hydrogen (secondary N) is 1. The van der Waals surface area contributed by atoms with Crippen molar-refractivity contribution in [2.24, 2.45) is 11.8 Å². The molecule has 1 aliphatic carbocycles. The number of carbonyl (C=O) groups excluding carboxylic acids is 1. The van der Waals surface area contributed by atoms with Crippen LogP contribution in [0.3, 0.4) is 0 Å². The molecule has 0 aromatic heterocycles. The molecule has 5 heteroatoms. The summed E-state index contributed by atoms with van der Waals surface area (Å²) in [6.07, 6.45) is 2.65. The van der Waals surface area contributed by atoms with E-state index in [1.54, 1.807) is 0 Å². The number of amides is 1. The van der Waals surface area contributed by atoms with Crippen LogP contribution >= 0.6 is 0 Å². The second kappa shape index (κ2) is 4.82. The zero-order valence-electron chi connectivity index (χ0n) is 9.15. The van der Waals surface area contributed by atoms with Crippen molar-refractivity contribution in [1.29, 1.82) is 0 Å². The van der Waals surface area contributed by atoms with Crippen molar-refractivity contribution in [2.75, 3.05) is 13.2 Å². The average molecular weight is 227 g/mol. The molecule has 1 amide bonds. The Hall–Kier alpha value is -1.10. The quantitative estimate of drug-likeness (QED) is 0.731. The summed E-state index contributed by atoms with van der Waals surface area (Å²) < 4.78 is 5.17. The number of hydrogen-bond donors (Lipinski definition) is 2. The van der Waals surface area contributed by atoms with Crippen molar-refractivity contribution in [3.05, 3.63) is 0 Å². The fourth-order valence-electron chi connectivity index (χ4n) is 2.41. The van der Waals surface area contributed by atoms with Crippen LogP contribution in [0.2, 0.25) is 0 Å². The number of carboxylic acids is 1. The standard InChI is InChI=1S/C11H17NO4/c13-10(12-9-3-4-16-6-9)7-1-2-8(5-7)11(14)15/h7-9H,1-6H2,(H,12,13)(H,14,15). The summed E-state index contributed by atoms with van der Waals surface area (Å²) in [5.74, 6) is -1.24. The Morgan fingerprint density at radius 1 is 1.19 bits per heavy atom. The van der Waals surface area contributed by atoms with Gasteiger partial charge in [0.05, 0.1) is 18.6 Å². The van der Waals surface area contributed by atoms with Crippen molar-refractivity contribution in [2.45, 2.75) is 31.7 Å². The van der Waals surface area contributed by atoms with E-state index >= 15 is 0 Å². The molecule has 1 heterocycles. The molecule has 0 bridgehead atoms. The van der Waals surface area contributed by atoms with Crippen LogP contribution in [0.25, 0.3) is 0 Å². The Morgan fingerprint density at radius 2 is 1.94 bits per heavy atom. The van der Waals surface area contributed by atoms with Crippen LogP contribution in [0.15, 0.2) is 0 Å². The first kappa shape index (κ1) is 11.4. The predicted octanol–water partition coefficient (Wildman–Crippen LogP) is 0.392. The summed E-state index contributed by atoms with van der Waals surface area (Å²) in [6.45, 7) is 1.29. The number of rotatable bonds is 3. The highest BCUT2D eigenvalue weighted by atomic mass is 16.5. The maximum absolute atomic E-state index is 11.8. The van der Waals surface area contributed by atoms with Crippen LogP contribution in [-0.2, 0) is 14.3 Å². The van der Waals surface area contributed by atoms with Gasteiger partial charge in [-0.25, -0.2) is 0 Å². The zero-order valence-corrected chi connectivity index (χ0v) is 9.15. The van der Waals surface area contributed by atoms with E-state index in [9.17, 15) is 9.59 Å². The van der Waals surface area contributed by atoms with Gasteiger partial charge in [-0.05, 0) is 25.7 Å². The molecule has 3 atom stereocenters. The molecular weight excluding hydrogens is 210 g/mol. The number of hydrogen-bond acceptors (Lipinski definition) is 3.